The van der Waals surface area contributed by atoms with Crippen molar-refractivity contribution in [2.75, 3.05) is 0 Å². The van der Waals surface area contributed by atoms with Gasteiger partial charge in [-0.1, -0.05) is 117 Å². The second-order valence-electron chi connectivity index (χ2n) is 7.90. The molecule has 0 atom stereocenters. The Labute approximate surface area is 194 Å². The maximum atomic E-state index is 10.1. The molecule has 4 nitrogen and oxygen atoms in total. The van der Waals surface area contributed by atoms with Crippen LogP contribution in [-0.2, 0) is 30.0 Å². The fourth-order valence-corrected chi connectivity index (χ4v) is 3.16. The van der Waals surface area contributed by atoms with Crippen molar-refractivity contribution < 1.29 is 40.2 Å². The Hall–Kier alpha value is -0.398. The van der Waals surface area contributed by atoms with E-state index in [0.29, 0.717) is 0 Å². The molecule has 0 unspecified atom stereocenters. The third kappa shape index (κ3) is 38.8. The molecule has 0 bridgehead atoms. The molecule has 0 aliphatic rings. The summed E-state index contributed by atoms with van der Waals surface area (Å²) in [6.07, 6.45) is 22.3. The van der Waals surface area contributed by atoms with Gasteiger partial charge in [0.25, 0.3) is 0 Å². The summed E-state index contributed by atoms with van der Waals surface area (Å²) in [6.45, 7) is 4.44. The Morgan fingerprint density at radius 2 is 0.655 bits per heavy atom. The van der Waals surface area contributed by atoms with Crippen LogP contribution in [-0.4, -0.2) is 11.9 Å². The predicted molar refractivity (Wildman–Crippen MR) is 114 cm³/mol. The molecule has 0 aliphatic heterocycles. The number of hydrogen-bond acceptors (Lipinski definition) is 4. The zero-order chi connectivity index (χ0) is 21.3. The third-order valence-corrected chi connectivity index (χ3v) is 4.97. The van der Waals surface area contributed by atoms with Crippen molar-refractivity contribution in [2.45, 2.75) is 142 Å². The monoisotopic (exact) mass is 504 g/mol. The van der Waals surface area contributed by atoms with Gasteiger partial charge in [0.1, 0.15) is 0 Å². The van der Waals surface area contributed by atoms with Crippen molar-refractivity contribution in [1.82, 2.24) is 0 Å². The molecule has 0 N–H and O–H groups in total. The smallest absolute Gasteiger partial charge is 0.550 e. The maximum Gasteiger partial charge on any atom is 2.00 e. The molecule has 0 rings (SSSR count). The van der Waals surface area contributed by atoms with Gasteiger partial charge >= 0.3 is 20.4 Å². The minimum atomic E-state index is -0.909. The number of rotatable bonds is 20. The quantitative estimate of drug-likeness (QED) is 0.166. The molecule has 0 saturated carbocycles. The number of carboxylic acid groups (broad SMARTS) is 2. The summed E-state index contributed by atoms with van der Waals surface area (Å²) in [4.78, 5) is 20.2. The minimum absolute atomic E-state index is 0. The van der Waals surface area contributed by atoms with E-state index in [1.807, 2.05) is 0 Å². The number of carbonyl (C=O) groups excluding carboxylic acids is 2. The van der Waals surface area contributed by atoms with Crippen molar-refractivity contribution >= 4 is 11.9 Å². The first kappa shape index (κ1) is 33.2. The molecule has 0 heterocycles. The SMILES string of the molecule is CCCCCCCCCCCC(=O)[O-].CCCCCCCCCCCC(=O)[O-].[Pd+2]. The van der Waals surface area contributed by atoms with Gasteiger partial charge in [-0.05, 0) is 25.7 Å². The number of carboxylic acids is 2. The van der Waals surface area contributed by atoms with Crippen LogP contribution in [0.15, 0.2) is 0 Å². The van der Waals surface area contributed by atoms with E-state index in [1.54, 1.807) is 0 Å². The fourth-order valence-electron chi connectivity index (χ4n) is 3.16. The Morgan fingerprint density at radius 3 is 0.862 bits per heavy atom. The van der Waals surface area contributed by atoms with Gasteiger partial charge < -0.3 is 19.8 Å². The van der Waals surface area contributed by atoms with Crippen LogP contribution in [0.2, 0.25) is 0 Å². The van der Waals surface area contributed by atoms with Crippen LogP contribution in [0, 0.1) is 0 Å². The molecule has 0 saturated heterocycles. The van der Waals surface area contributed by atoms with E-state index in [4.69, 9.17) is 0 Å². The number of unbranched alkanes of at least 4 members (excludes halogenated alkanes) is 16. The second kappa shape index (κ2) is 29.8. The molecule has 0 spiro atoms. The molecule has 0 radical (unpaired) electrons. The topological polar surface area (TPSA) is 80.3 Å². The molecule has 0 aromatic carbocycles. The molecule has 176 valence electrons. The van der Waals surface area contributed by atoms with Crippen LogP contribution >= 0.6 is 0 Å². The van der Waals surface area contributed by atoms with Crippen LogP contribution in [0.3, 0.4) is 0 Å². The van der Waals surface area contributed by atoms with Crippen molar-refractivity contribution in [3.8, 4) is 0 Å². The fraction of sp³-hybridized carbons (Fsp3) is 0.917. The van der Waals surface area contributed by atoms with Crippen molar-refractivity contribution in [3.05, 3.63) is 0 Å². The Morgan fingerprint density at radius 1 is 0.448 bits per heavy atom. The van der Waals surface area contributed by atoms with Crippen molar-refractivity contribution in [2.24, 2.45) is 0 Å². The normalized spacial score (nSPS) is 10.0. The van der Waals surface area contributed by atoms with Crippen molar-refractivity contribution in [1.29, 1.82) is 0 Å². The molecule has 5 heteroatoms. The van der Waals surface area contributed by atoms with Crippen LogP contribution in [0.5, 0.6) is 0 Å². The average molecular weight is 505 g/mol. The number of aliphatic carboxylic acids is 2. The van der Waals surface area contributed by atoms with Gasteiger partial charge in [0.05, 0.1) is 0 Å². The van der Waals surface area contributed by atoms with E-state index < -0.39 is 11.9 Å². The van der Waals surface area contributed by atoms with Gasteiger partial charge in [-0.3, -0.25) is 0 Å². The summed E-state index contributed by atoms with van der Waals surface area (Å²) in [6, 6.07) is 0. The molecule has 0 aromatic rings. The van der Waals surface area contributed by atoms with Gasteiger partial charge in [-0.15, -0.1) is 0 Å². The summed E-state index contributed by atoms with van der Waals surface area (Å²) in [5, 5.41) is 20.2. The second-order valence-corrected chi connectivity index (χ2v) is 7.90. The largest absolute Gasteiger partial charge is 2.00 e. The molecular weight excluding hydrogens is 459 g/mol. The van der Waals surface area contributed by atoms with E-state index in [9.17, 15) is 19.8 Å². The third-order valence-electron chi connectivity index (χ3n) is 4.97. The number of carbonyl (C=O) groups is 2. The molecule has 29 heavy (non-hydrogen) atoms. The summed E-state index contributed by atoms with van der Waals surface area (Å²) < 4.78 is 0. The summed E-state index contributed by atoms with van der Waals surface area (Å²) in [5.74, 6) is -1.82. The van der Waals surface area contributed by atoms with E-state index in [1.165, 1.54) is 89.9 Å². The van der Waals surface area contributed by atoms with E-state index >= 15 is 0 Å². The van der Waals surface area contributed by atoms with Gasteiger partial charge in [-0.2, -0.15) is 0 Å². The summed E-state index contributed by atoms with van der Waals surface area (Å²) >= 11 is 0. The Kier molecular flexibility index (Phi) is 34.2. The average Bonchev–Trinajstić information content (AvgIpc) is 2.65. The van der Waals surface area contributed by atoms with Gasteiger partial charge in [0.15, 0.2) is 0 Å². The van der Waals surface area contributed by atoms with Gasteiger partial charge in [0.2, 0.25) is 0 Å². The Bertz CT molecular complexity index is 303. The molecule has 0 aromatic heterocycles. The van der Waals surface area contributed by atoms with Crippen LogP contribution in [0.1, 0.15) is 142 Å². The van der Waals surface area contributed by atoms with E-state index in [2.05, 4.69) is 13.8 Å². The predicted octanol–water partition coefficient (Wildman–Crippen LogP) is 5.31. The van der Waals surface area contributed by atoms with E-state index in [-0.39, 0.29) is 33.3 Å². The van der Waals surface area contributed by atoms with E-state index in [0.717, 1.165) is 25.7 Å². The molecule has 0 fully saturated rings. The van der Waals surface area contributed by atoms with Crippen LogP contribution < -0.4 is 10.2 Å². The van der Waals surface area contributed by atoms with Crippen LogP contribution in [0.4, 0.5) is 0 Å². The zero-order valence-electron chi connectivity index (χ0n) is 19.1. The van der Waals surface area contributed by atoms with Crippen LogP contribution in [0.25, 0.3) is 0 Å². The maximum absolute atomic E-state index is 10.1. The number of hydrogen-bond donors (Lipinski definition) is 0. The van der Waals surface area contributed by atoms with Gasteiger partial charge in [-0.25, -0.2) is 0 Å². The molecule has 0 aliphatic carbocycles. The summed E-state index contributed by atoms with van der Waals surface area (Å²) in [5.41, 5.74) is 0. The van der Waals surface area contributed by atoms with Crippen molar-refractivity contribution in [3.63, 3.8) is 0 Å². The molecular formula is C24H46O4Pd. The first-order valence-electron chi connectivity index (χ1n) is 11.9. The molecule has 0 amide bonds. The first-order valence-corrected chi connectivity index (χ1v) is 11.9. The zero-order valence-corrected chi connectivity index (χ0v) is 20.6. The minimum Gasteiger partial charge on any atom is -0.550 e. The van der Waals surface area contributed by atoms with Gasteiger partial charge in [0, 0.05) is 11.9 Å². The first-order chi connectivity index (χ1) is 13.5. The summed E-state index contributed by atoms with van der Waals surface area (Å²) in [7, 11) is 0. The standard InChI is InChI=1S/2C12H24O2.Pd/c2*1-2-3-4-5-6-7-8-9-10-11-12(13)14;/h2*2-11H2,1H3,(H,13,14);/q;;+2/p-2. The Balaban J connectivity index is -0.000000451.